The van der Waals surface area contributed by atoms with Gasteiger partial charge in [-0.3, -0.25) is 0 Å². The Kier molecular flexibility index (Phi) is 24.8. The van der Waals surface area contributed by atoms with Crippen molar-refractivity contribution >= 4 is 8.25 Å². The molecule has 0 atom stereocenters. The van der Waals surface area contributed by atoms with Crippen molar-refractivity contribution in [3.8, 4) is 0 Å². The SMILES string of the molecule is O=[P+]([O-])[O-].[Fe+2].[Li+]. The van der Waals surface area contributed by atoms with Crippen LogP contribution in [-0.4, -0.2) is 0 Å². The van der Waals surface area contributed by atoms with Crippen LogP contribution in [0.1, 0.15) is 0 Å². The van der Waals surface area contributed by atoms with Crippen LogP contribution < -0.4 is 28.6 Å². The normalized spacial score (nSPS) is 4.33. The van der Waals surface area contributed by atoms with Gasteiger partial charge in [0.05, 0.1) is 0 Å². The van der Waals surface area contributed by atoms with E-state index in [9.17, 15) is 0 Å². The zero-order valence-corrected chi connectivity index (χ0v) is 5.02. The van der Waals surface area contributed by atoms with Gasteiger partial charge >= 0.3 is 35.9 Å². The van der Waals surface area contributed by atoms with Crippen molar-refractivity contribution in [3.63, 3.8) is 0 Å². The molecule has 0 spiro atoms. The van der Waals surface area contributed by atoms with Crippen LogP contribution in [0, 0.1) is 0 Å². The van der Waals surface area contributed by atoms with Crippen molar-refractivity contribution in [1.29, 1.82) is 0 Å². The van der Waals surface area contributed by atoms with Gasteiger partial charge in [-0.1, -0.05) is 4.57 Å². The van der Waals surface area contributed by atoms with Crippen molar-refractivity contribution in [2.75, 3.05) is 0 Å². The van der Waals surface area contributed by atoms with Crippen molar-refractivity contribution in [2.24, 2.45) is 0 Å². The predicted molar refractivity (Wildman–Crippen MR) is 7.61 cm³/mol. The average Bonchev–Trinajstić information content (AvgIpc) is 0.811. The molecule has 0 aliphatic carbocycles. The minimum atomic E-state index is -3.37. The standard InChI is InChI=1S/Fe.Li.HO3P/c;;1-4(2)3/h;;(H,1,2,3)/q+2;+1;/p-1. The third kappa shape index (κ3) is 68.0. The summed E-state index contributed by atoms with van der Waals surface area (Å²) in [5, 5.41) is 0. The smallest absolute Gasteiger partial charge is 0.598 e. The van der Waals surface area contributed by atoms with E-state index in [1.165, 1.54) is 0 Å². The molecule has 0 radical (unpaired) electrons. The molecule has 0 rings (SSSR count). The van der Waals surface area contributed by atoms with Gasteiger partial charge in [0.1, 0.15) is 0 Å². The van der Waals surface area contributed by atoms with Crippen LogP contribution in [0.25, 0.3) is 0 Å². The Hall–Kier alpha value is 1.14. The maximum Gasteiger partial charge on any atom is 2.00 e. The van der Waals surface area contributed by atoms with Gasteiger partial charge < -0.3 is 9.79 Å². The summed E-state index contributed by atoms with van der Waals surface area (Å²) >= 11 is 0. The van der Waals surface area contributed by atoms with E-state index in [0.29, 0.717) is 0 Å². The van der Waals surface area contributed by atoms with Gasteiger partial charge in [0.15, 0.2) is 0 Å². The molecular weight excluding hydrogens is 142 g/mol. The Labute approximate surface area is 58.7 Å². The first-order valence-electron chi connectivity index (χ1n) is 0.548. The van der Waals surface area contributed by atoms with Crippen LogP contribution >= 0.6 is 8.25 Å². The Morgan fingerprint density at radius 3 is 1.33 bits per heavy atom. The molecule has 3 nitrogen and oxygen atoms in total. The third-order valence-corrected chi connectivity index (χ3v) is 0. The zero-order chi connectivity index (χ0) is 3.58. The summed E-state index contributed by atoms with van der Waals surface area (Å²) in [4.78, 5) is 17.0. The fourth-order valence-electron chi connectivity index (χ4n) is 0. The minimum absolute atomic E-state index is 0. The van der Waals surface area contributed by atoms with Crippen molar-refractivity contribution in [2.45, 2.75) is 0 Å². The quantitative estimate of drug-likeness (QED) is 0.252. The van der Waals surface area contributed by atoms with E-state index >= 15 is 0 Å². The van der Waals surface area contributed by atoms with E-state index < -0.39 is 8.25 Å². The van der Waals surface area contributed by atoms with Crippen LogP contribution in [-0.2, 0) is 21.6 Å². The predicted octanol–water partition coefficient (Wildman–Crippen LogP) is -4.63. The second-order valence-corrected chi connectivity index (χ2v) is 0.671. The minimum Gasteiger partial charge on any atom is -0.598 e. The molecule has 0 aliphatic heterocycles. The Balaban J connectivity index is -0.0000000450. The van der Waals surface area contributed by atoms with E-state index in [4.69, 9.17) is 14.4 Å². The summed E-state index contributed by atoms with van der Waals surface area (Å²) in [5.41, 5.74) is 0. The molecule has 0 fully saturated rings. The summed E-state index contributed by atoms with van der Waals surface area (Å²) in [5.74, 6) is 0. The number of rotatable bonds is 0. The zero-order valence-electron chi connectivity index (χ0n) is 3.03. The molecule has 0 saturated carbocycles. The first-order valence-corrected chi connectivity index (χ1v) is 1.64. The molecule has 0 amide bonds. The van der Waals surface area contributed by atoms with E-state index in [2.05, 4.69) is 0 Å². The van der Waals surface area contributed by atoms with Gasteiger partial charge in [0, 0.05) is 0 Å². The van der Waals surface area contributed by atoms with E-state index in [1.54, 1.807) is 0 Å². The number of hydrogen-bond donors (Lipinski definition) is 0. The molecule has 0 aromatic carbocycles. The summed E-state index contributed by atoms with van der Waals surface area (Å²) in [6, 6.07) is 0. The molecule has 0 aromatic rings. The molecule has 6 heteroatoms. The Bertz CT molecular complexity index is 33.8. The van der Waals surface area contributed by atoms with E-state index in [0.717, 1.165) is 0 Å². The molecule has 0 saturated heterocycles. The molecule has 0 aliphatic rings. The molecule has 0 aromatic heterocycles. The maximum atomic E-state index is 8.48. The molecule has 0 heterocycles. The fourth-order valence-corrected chi connectivity index (χ4v) is 0. The van der Waals surface area contributed by atoms with Crippen LogP contribution in [0.3, 0.4) is 0 Å². The first-order chi connectivity index (χ1) is 1.73. The molecule has 0 bridgehead atoms. The number of hydrogen-bond acceptors (Lipinski definition) is 3. The third-order valence-electron chi connectivity index (χ3n) is 0. The van der Waals surface area contributed by atoms with Crippen molar-refractivity contribution < 1.29 is 50.3 Å². The van der Waals surface area contributed by atoms with Crippen LogP contribution in [0.15, 0.2) is 0 Å². The van der Waals surface area contributed by atoms with Crippen molar-refractivity contribution in [3.05, 3.63) is 0 Å². The Morgan fingerprint density at radius 2 is 1.33 bits per heavy atom. The fraction of sp³-hybridized carbons (Fsp3) is 0. The molecule has 0 N–H and O–H groups in total. The summed E-state index contributed by atoms with van der Waals surface area (Å²) < 4.78 is 8.48. The van der Waals surface area contributed by atoms with Crippen molar-refractivity contribution in [1.82, 2.24) is 0 Å². The van der Waals surface area contributed by atoms with Crippen LogP contribution in [0.2, 0.25) is 0 Å². The van der Waals surface area contributed by atoms with E-state index in [-0.39, 0.29) is 35.9 Å². The molecular formula is FeLiO3P+2. The molecule has 6 heavy (non-hydrogen) atoms. The van der Waals surface area contributed by atoms with Gasteiger partial charge in [-0.05, 0) is 0 Å². The topological polar surface area (TPSA) is 63.2 Å². The van der Waals surface area contributed by atoms with Gasteiger partial charge in [-0.15, -0.1) is 0 Å². The van der Waals surface area contributed by atoms with Gasteiger partial charge in [0.2, 0.25) is 0 Å². The van der Waals surface area contributed by atoms with Gasteiger partial charge in [-0.25, -0.2) is 0 Å². The van der Waals surface area contributed by atoms with Gasteiger partial charge in [0.25, 0.3) is 8.25 Å². The largest absolute Gasteiger partial charge is 2.00 e. The molecule has 30 valence electrons. The average molecular weight is 142 g/mol. The Morgan fingerprint density at radius 1 is 1.33 bits per heavy atom. The molecule has 0 unspecified atom stereocenters. The second kappa shape index (κ2) is 9.46. The summed E-state index contributed by atoms with van der Waals surface area (Å²) in [7, 11) is -3.37. The summed E-state index contributed by atoms with van der Waals surface area (Å²) in [6.07, 6.45) is 0. The second-order valence-electron chi connectivity index (χ2n) is 0.224. The van der Waals surface area contributed by atoms with E-state index in [1.807, 2.05) is 0 Å². The van der Waals surface area contributed by atoms with Gasteiger partial charge in [-0.2, -0.15) is 0 Å². The monoisotopic (exact) mass is 142 g/mol. The van der Waals surface area contributed by atoms with Crippen LogP contribution in [0.5, 0.6) is 0 Å². The summed E-state index contributed by atoms with van der Waals surface area (Å²) in [6.45, 7) is 0. The van der Waals surface area contributed by atoms with Crippen LogP contribution in [0.4, 0.5) is 0 Å². The maximum absolute atomic E-state index is 8.48. The first kappa shape index (κ1) is 15.7.